The number of aromatic nitrogens is 1. The maximum Gasteiger partial charge on any atom is 0.243 e. The third-order valence-electron chi connectivity index (χ3n) is 5.32. The number of hydrogen-bond donors (Lipinski definition) is 3. The van der Waals surface area contributed by atoms with Crippen molar-refractivity contribution in [3.63, 3.8) is 0 Å². The Kier molecular flexibility index (Phi) is 9.13. The van der Waals surface area contributed by atoms with Crippen LogP contribution in [0.3, 0.4) is 0 Å². The standard InChI is InChI=1S/C24H34FN5O2/c1-15(2)30(16(3)4)17(5)23(31)29-21(12-18-6-9-20(25)10-7-18)24(32)28-14-19-8-11-22(26)27-13-19/h6-11,13,15-17,21H,12,14H2,1-5H3,(H2,26,27)(H,28,32)(H,29,31)/t17-,21-/m0/s1. The maximum atomic E-state index is 13.3. The summed E-state index contributed by atoms with van der Waals surface area (Å²) in [6, 6.07) is 8.46. The van der Waals surface area contributed by atoms with Crippen molar-refractivity contribution >= 4 is 17.6 Å². The molecule has 1 aromatic heterocycles. The van der Waals surface area contributed by atoms with Gasteiger partial charge < -0.3 is 16.4 Å². The van der Waals surface area contributed by atoms with Crippen LogP contribution in [-0.2, 0) is 22.6 Å². The molecule has 4 N–H and O–H groups in total. The lowest BCUT2D eigenvalue weighted by atomic mass is 10.0. The topological polar surface area (TPSA) is 100 Å². The molecule has 8 heteroatoms. The van der Waals surface area contributed by atoms with Gasteiger partial charge in [0.25, 0.3) is 0 Å². The number of anilines is 1. The fourth-order valence-electron chi connectivity index (χ4n) is 3.84. The highest BCUT2D eigenvalue weighted by Crippen LogP contribution is 2.12. The van der Waals surface area contributed by atoms with Crippen LogP contribution in [0.15, 0.2) is 42.6 Å². The second kappa shape index (κ2) is 11.6. The molecule has 0 aliphatic rings. The predicted octanol–water partition coefficient (Wildman–Crippen LogP) is 2.65. The van der Waals surface area contributed by atoms with Gasteiger partial charge in [0.1, 0.15) is 17.7 Å². The molecule has 174 valence electrons. The fraction of sp³-hybridized carbons (Fsp3) is 0.458. The average Bonchev–Trinajstić information content (AvgIpc) is 2.73. The predicted molar refractivity (Wildman–Crippen MR) is 124 cm³/mol. The van der Waals surface area contributed by atoms with E-state index in [1.54, 1.807) is 30.5 Å². The summed E-state index contributed by atoms with van der Waals surface area (Å²) < 4.78 is 13.3. The highest BCUT2D eigenvalue weighted by molar-refractivity contribution is 5.89. The van der Waals surface area contributed by atoms with E-state index in [9.17, 15) is 14.0 Å². The Hall–Kier alpha value is -3.00. The number of nitrogens with zero attached hydrogens (tertiary/aromatic N) is 2. The lowest BCUT2D eigenvalue weighted by molar-refractivity contribution is -0.132. The minimum absolute atomic E-state index is 0.165. The van der Waals surface area contributed by atoms with Crippen LogP contribution in [0.5, 0.6) is 0 Å². The Bertz CT molecular complexity index is 876. The van der Waals surface area contributed by atoms with E-state index in [1.807, 2.05) is 34.6 Å². The summed E-state index contributed by atoms with van der Waals surface area (Å²) >= 11 is 0. The van der Waals surface area contributed by atoms with Gasteiger partial charge in [-0.3, -0.25) is 14.5 Å². The molecule has 0 unspecified atom stereocenters. The van der Waals surface area contributed by atoms with E-state index in [2.05, 4.69) is 20.5 Å². The first kappa shape index (κ1) is 25.3. The molecule has 2 atom stereocenters. The van der Waals surface area contributed by atoms with Crippen LogP contribution >= 0.6 is 0 Å². The number of nitrogen functional groups attached to an aromatic ring is 1. The number of carbonyl (C=O) groups excluding carboxylic acids is 2. The zero-order valence-corrected chi connectivity index (χ0v) is 19.4. The Labute approximate surface area is 189 Å². The molecule has 0 radical (unpaired) electrons. The van der Waals surface area contributed by atoms with E-state index < -0.39 is 12.1 Å². The first-order valence-electron chi connectivity index (χ1n) is 10.9. The van der Waals surface area contributed by atoms with Crippen molar-refractivity contribution in [1.82, 2.24) is 20.5 Å². The van der Waals surface area contributed by atoms with Crippen LogP contribution in [0.1, 0.15) is 45.7 Å². The van der Waals surface area contributed by atoms with Gasteiger partial charge in [0.2, 0.25) is 11.8 Å². The van der Waals surface area contributed by atoms with Gasteiger partial charge in [-0.2, -0.15) is 0 Å². The second-order valence-electron chi connectivity index (χ2n) is 8.51. The molecule has 2 rings (SSSR count). The van der Waals surface area contributed by atoms with E-state index >= 15 is 0 Å². The number of halogens is 1. The molecule has 0 saturated carbocycles. The highest BCUT2D eigenvalue weighted by atomic mass is 19.1. The van der Waals surface area contributed by atoms with E-state index in [1.165, 1.54) is 12.1 Å². The number of nitrogens with one attached hydrogen (secondary N) is 2. The molecule has 0 bridgehead atoms. The lowest BCUT2D eigenvalue weighted by Crippen LogP contribution is -2.56. The summed E-state index contributed by atoms with van der Waals surface area (Å²) in [5.41, 5.74) is 7.14. The molecule has 2 amide bonds. The summed E-state index contributed by atoms with van der Waals surface area (Å²) in [6.45, 7) is 10.2. The molecule has 0 fully saturated rings. The van der Waals surface area contributed by atoms with E-state index in [0.717, 1.165) is 11.1 Å². The van der Waals surface area contributed by atoms with Crippen LogP contribution in [0.25, 0.3) is 0 Å². The summed E-state index contributed by atoms with van der Waals surface area (Å²) in [6.07, 6.45) is 1.84. The van der Waals surface area contributed by atoms with Gasteiger partial charge in [-0.25, -0.2) is 9.37 Å². The lowest BCUT2D eigenvalue weighted by Gasteiger charge is -2.36. The molecule has 1 heterocycles. The minimum Gasteiger partial charge on any atom is -0.384 e. The third-order valence-corrected chi connectivity index (χ3v) is 5.32. The normalized spacial score (nSPS) is 13.3. The number of benzene rings is 1. The van der Waals surface area contributed by atoms with Crippen molar-refractivity contribution in [2.75, 3.05) is 5.73 Å². The molecule has 0 spiro atoms. The molecule has 32 heavy (non-hydrogen) atoms. The summed E-state index contributed by atoms with van der Waals surface area (Å²) in [5.74, 6) is -0.515. The van der Waals surface area contributed by atoms with E-state index in [-0.39, 0.29) is 42.7 Å². The molecular formula is C24H34FN5O2. The van der Waals surface area contributed by atoms with Gasteiger partial charge in [-0.1, -0.05) is 18.2 Å². The molecule has 7 nitrogen and oxygen atoms in total. The molecule has 0 aliphatic heterocycles. The first-order chi connectivity index (χ1) is 15.1. The van der Waals surface area contributed by atoms with E-state index in [4.69, 9.17) is 5.73 Å². The zero-order valence-electron chi connectivity index (χ0n) is 19.4. The Balaban J connectivity index is 2.15. The van der Waals surface area contributed by atoms with Gasteiger partial charge in [0, 0.05) is 31.2 Å². The molecular weight excluding hydrogens is 409 g/mol. The van der Waals surface area contributed by atoms with Crippen molar-refractivity contribution in [1.29, 1.82) is 0 Å². The van der Waals surface area contributed by atoms with Gasteiger partial charge in [-0.05, 0) is 63.9 Å². The highest BCUT2D eigenvalue weighted by Gasteiger charge is 2.29. The van der Waals surface area contributed by atoms with Gasteiger partial charge in [0.15, 0.2) is 0 Å². The Morgan fingerprint density at radius 1 is 0.969 bits per heavy atom. The maximum absolute atomic E-state index is 13.3. The van der Waals surface area contributed by atoms with E-state index in [0.29, 0.717) is 5.82 Å². The first-order valence-corrected chi connectivity index (χ1v) is 10.9. The zero-order chi connectivity index (χ0) is 23.8. The molecule has 0 saturated heterocycles. The summed E-state index contributed by atoms with van der Waals surface area (Å²) in [4.78, 5) is 32.1. The van der Waals surface area contributed by atoms with Crippen molar-refractivity contribution in [3.8, 4) is 0 Å². The SMILES string of the molecule is CC(C)N(C(C)C)[C@@H](C)C(=O)N[C@@H](Cc1ccc(F)cc1)C(=O)NCc1ccc(N)nc1. The Morgan fingerprint density at radius 2 is 1.56 bits per heavy atom. The van der Waals surface area contributed by atoms with Gasteiger partial charge in [-0.15, -0.1) is 0 Å². The average molecular weight is 444 g/mol. The quantitative estimate of drug-likeness (QED) is 0.524. The number of hydrogen-bond acceptors (Lipinski definition) is 5. The van der Waals surface area contributed by atoms with Crippen LogP contribution < -0.4 is 16.4 Å². The van der Waals surface area contributed by atoms with Crippen molar-refractivity contribution < 1.29 is 14.0 Å². The Morgan fingerprint density at radius 3 is 2.09 bits per heavy atom. The molecule has 2 aromatic rings. The van der Waals surface area contributed by atoms with Crippen molar-refractivity contribution in [2.45, 2.75) is 71.8 Å². The smallest absolute Gasteiger partial charge is 0.243 e. The van der Waals surface area contributed by atoms with Crippen LogP contribution in [-0.4, -0.2) is 45.9 Å². The second-order valence-corrected chi connectivity index (χ2v) is 8.51. The monoisotopic (exact) mass is 443 g/mol. The number of rotatable bonds is 10. The number of nitrogens with two attached hydrogens (primary N) is 1. The fourth-order valence-corrected chi connectivity index (χ4v) is 3.84. The molecule has 1 aromatic carbocycles. The number of amides is 2. The van der Waals surface area contributed by atoms with Crippen LogP contribution in [0.4, 0.5) is 10.2 Å². The van der Waals surface area contributed by atoms with Gasteiger partial charge >= 0.3 is 0 Å². The van der Waals surface area contributed by atoms with Crippen LogP contribution in [0.2, 0.25) is 0 Å². The van der Waals surface area contributed by atoms with Crippen molar-refractivity contribution in [2.24, 2.45) is 0 Å². The van der Waals surface area contributed by atoms with Crippen molar-refractivity contribution in [3.05, 3.63) is 59.5 Å². The van der Waals surface area contributed by atoms with Crippen LogP contribution in [0, 0.1) is 5.82 Å². The number of pyridine rings is 1. The third kappa shape index (κ3) is 7.30. The molecule has 0 aliphatic carbocycles. The van der Waals surface area contributed by atoms with Gasteiger partial charge in [0.05, 0.1) is 6.04 Å². The summed E-state index contributed by atoms with van der Waals surface area (Å²) in [5, 5.41) is 5.74. The minimum atomic E-state index is -0.807. The summed E-state index contributed by atoms with van der Waals surface area (Å²) in [7, 11) is 0. The largest absolute Gasteiger partial charge is 0.384 e. The number of carbonyl (C=O) groups is 2.